The van der Waals surface area contributed by atoms with E-state index >= 15 is 0 Å². The fraction of sp³-hybridized carbons (Fsp3) is 0.444. The van der Waals surface area contributed by atoms with E-state index in [0.717, 1.165) is 47.1 Å². The molecule has 130 valence electrons. The lowest BCUT2D eigenvalue weighted by Gasteiger charge is -2.23. The van der Waals surface area contributed by atoms with E-state index in [4.69, 9.17) is 0 Å². The molecule has 0 aliphatic carbocycles. The summed E-state index contributed by atoms with van der Waals surface area (Å²) >= 11 is 1.67. The second kappa shape index (κ2) is 8.60. The first-order valence-corrected chi connectivity index (χ1v) is 9.00. The maximum atomic E-state index is 12.4. The fourth-order valence-corrected chi connectivity index (χ4v) is 4.07. The van der Waals surface area contributed by atoms with Gasteiger partial charge in [0.15, 0.2) is 0 Å². The molecule has 2 N–H and O–H groups in total. The van der Waals surface area contributed by atoms with Crippen LogP contribution >= 0.6 is 23.7 Å². The first kappa shape index (κ1) is 18.9. The monoisotopic (exact) mass is 365 g/mol. The van der Waals surface area contributed by atoms with E-state index in [-0.39, 0.29) is 30.3 Å². The molecule has 0 bridgehead atoms. The molecule has 0 saturated carbocycles. The number of thiazole rings is 1. The molecule has 1 aliphatic heterocycles. The van der Waals surface area contributed by atoms with Crippen LogP contribution in [-0.2, 0) is 4.79 Å². The lowest BCUT2D eigenvalue weighted by molar-refractivity contribution is -0.126. The number of rotatable bonds is 4. The summed E-state index contributed by atoms with van der Waals surface area (Å²) < 4.78 is 0. The Morgan fingerprint density at radius 2 is 1.96 bits per heavy atom. The zero-order valence-electron chi connectivity index (χ0n) is 14.0. The predicted octanol–water partition coefficient (Wildman–Crippen LogP) is 3.72. The van der Waals surface area contributed by atoms with Gasteiger partial charge in [0.05, 0.1) is 16.6 Å². The van der Waals surface area contributed by atoms with Gasteiger partial charge in [-0.1, -0.05) is 30.3 Å². The molecule has 0 radical (unpaired) electrons. The van der Waals surface area contributed by atoms with Crippen molar-refractivity contribution in [1.29, 1.82) is 0 Å². The number of aryl methyl sites for hydroxylation is 1. The molecular formula is C18H24ClN3OS. The lowest BCUT2D eigenvalue weighted by atomic mass is 9.97. The number of carbonyl (C=O) groups excluding carboxylic acids is 1. The number of benzene rings is 1. The summed E-state index contributed by atoms with van der Waals surface area (Å²) in [5.74, 6) is 0.314. The lowest BCUT2D eigenvalue weighted by Crippen LogP contribution is -2.39. The molecular weight excluding hydrogens is 342 g/mol. The maximum absolute atomic E-state index is 12.4. The van der Waals surface area contributed by atoms with Gasteiger partial charge >= 0.3 is 0 Å². The Morgan fingerprint density at radius 1 is 1.29 bits per heavy atom. The molecule has 1 amide bonds. The first-order valence-electron chi connectivity index (χ1n) is 8.19. The number of hydrogen-bond donors (Lipinski definition) is 2. The summed E-state index contributed by atoms with van der Waals surface area (Å²) in [5, 5.41) is 7.49. The average Bonchev–Trinajstić information content (AvgIpc) is 2.98. The molecule has 1 saturated heterocycles. The summed E-state index contributed by atoms with van der Waals surface area (Å²) in [5.41, 5.74) is 2.13. The Kier molecular flexibility index (Phi) is 6.78. The van der Waals surface area contributed by atoms with Gasteiger partial charge in [-0.15, -0.1) is 23.7 Å². The zero-order chi connectivity index (χ0) is 16.2. The Bertz CT molecular complexity index is 668. The van der Waals surface area contributed by atoms with Gasteiger partial charge in [-0.05, 0) is 39.8 Å². The fourth-order valence-electron chi connectivity index (χ4n) is 3.00. The van der Waals surface area contributed by atoms with Crippen LogP contribution in [0, 0.1) is 12.8 Å². The number of piperidine rings is 1. The summed E-state index contributed by atoms with van der Waals surface area (Å²) in [6.45, 7) is 5.94. The average molecular weight is 366 g/mol. The van der Waals surface area contributed by atoms with Crippen LogP contribution in [0.5, 0.6) is 0 Å². The number of nitrogens with zero attached hydrogens (tertiary/aromatic N) is 1. The van der Waals surface area contributed by atoms with Crippen molar-refractivity contribution in [2.45, 2.75) is 32.7 Å². The second-order valence-corrected chi connectivity index (χ2v) is 7.12. The number of amides is 1. The number of halogens is 1. The predicted molar refractivity (Wildman–Crippen MR) is 102 cm³/mol. The third kappa shape index (κ3) is 4.35. The van der Waals surface area contributed by atoms with Gasteiger partial charge in [-0.3, -0.25) is 4.79 Å². The van der Waals surface area contributed by atoms with Crippen LogP contribution in [0.15, 0.2) is 30.3 Å². The van der Waals surface area contributed by atoms with E-state index in [1.165, 1.54) is 0 Å². The summed E-state index contributed by atoms with van der Waals surface area (Å²) in [6.07, 6.45) is 1.85. The second-order valence-electron chi connectivity index (χ2n) is 6.09. The standard InChI is InChI=1S/C18H23N3OS.ClH/c1-12(20-17(22)14-8-10-19-11-9-14)16-13(2)21-18(23-16)15-6-4-3-5-7-15;/h3-7,12,14,19H,8-11H2,1-2H3,(H,20,22);1H. The van der Waals surface area contributed by atoms with Gasteiger partial charge in [0.1, 0.15) is 5.01 Å². The largest absolute Gasteiger partial charge is 0.348 e. The number of aromatic nitrogens is 1. The van der Waals surface area contributed by atoms with Crippen LogP contribution in [-0.4, -0.2) is 24.0 Å². The van der Waals surface area contributed by atoms with E-state index in [0.29, 0.717) is 0 Å². The normalized spacial score (nSPS) is 16.2. The van der Waals surface area contributed by atoms with Crippen LogP contribution < -0.4 is 10.6 Å². The van der Waals surface area contributed by atoms with Crippen LogP contribution in [0.2, 0.25) is 0 Å². The number of carbonyl (C=O) groups is 1. The topological polar surface area (TPSA) is 54.0 Å². The quantitative estimate of drug-likeness (QED) is 0.868. The summed E-state index contributed by atoms with van der Waals surface area (Å²) in [7, 11) is 0. The van der Waals surface area contributed by atoms with Crippen LogP contribution in [0.25, 0.3) is 10.6 Å². The Balaban J connectivity index is 0.00000208. The molecule has 1 aromatic carbocycles. The van der Waals surface area contributed by atoms with Gasteiger partial charge in [0, 0.05) is 11.5 Å². The molecule has 3 rings (SSSR count). The van der Waals surface area contributed by atoms with Crippen molar-refractivity contribution < 1.29 is 4.79 Å². The minimum Gasteiger partial charge on any atom is -0.348 e. The molecule has 1 unspecified atom stereocenters. The maximum Gasteiger partial charge on any atom is 0.223 e. The van der Waals surface area contributed by atoms with Crippen molar-refractivity contribution in [1.82, 2.24) is 15.6 Å². The molecule has 1 aromatic heterocycles. The molecule has 2 heterocycles. The smallest absolute Gasteiger partial charge is 0.223 e. The third-order valence-corrected chi connectivity index (χ3v) is 5.70. The minimum atomic E-state index is 0. The van der Waals surface area contributed by atoms with Gasteiger partial charge in [0.25, 0.3) is 0 Å². The molecule has 1 fully saturated rings. The Hall–Kier alpha value is -1.43. The molecule has 0 spiro atoms. The molecule has 24 heavy (non-hydrogen) atoms. The van der Waals surface area contributed by atoms with E-state index in [2.05, 4.69) is 27.8 Å². The Labute approximate surface area is 153 Å². The molecule has 4 nitrogen and oxygen atoms in total. The van der Waals surface area contributed by atoms with Crippen molar-refractivity contribution in [3.8, 4) is 10.6 Å². The van der Waals surface area contributed by atoms with Crippen LogP contribution in [0.1, 0.15) is 36.4 Å². The van der Waals surface area contributed by atoms with Crippen LogP contribution in [0.4, 0.5) is 0 Å². The highest BCUT2D eigenvalue weighted by molar-refractivity contribution is 7.15. The van der Waals surface area contributed by atoms with E-state index in [9.17, 15) is 4.79 Å². The minimum absolute atomic E-state index is 0. The highest BCUT2D eigenvalue weighted by atomic mass is 35.5. The van der Waals surface area contributed by atoms with Crippen molar-refractivity contribution in [3.05, 3.63) is 40.9 Å². The third-order valence-electron chi connectivity index (χ3n) is 4.32. The zero-order valence-corrected chi connectivity index (χ0v) is 15.7. The van der Waals surface area contributed by atoms with Gasteiger partial charge in [0.2, 0.25) is 5.91 Å². The van der Waals surface area contributed by atoms with Crippen molar-refractivity contribution in [3.63, 3.8) is 0 Å². The molecule has 6 heteroatoms. The van der Waals surface area contributed by atoms with E-state index in [1.807, 2.05) is 32.0 Å². The number of hydrogen-bond acceptors (Lipinski definition) is 4. The van der Waals surface area contributed by atoms with E-state index in [1.54, 1.807) is 11.3 Å². The summed E-state index contributed by atoms with van der Waals surface area (Å²) in [4.78, 5) is 18.2. The summed E-state index contributed by atoms with van der Waals surface area (Å²) in [6, 6.07) is 10.2. The highest BCUT2D eigenvalue weighted by Crippen LogP contribution is 2.31. The SMILES string of the molecule is Cc1nc(-c2ccccc2)sc1C(C)NC(=O)C1CCNCC1.Cl. The van der Waals surface area contributed by atoms with Gasteiger partial charge in [-0.2, -0.15) is 0 Å². The molecule has 2 aromatic rings. The molecule has 1 aliphatic rings. The van der Waals surface area contributed by atoms with Gasteiger partial charge in [-0.25, -0.2) is 4.98 Å². The van der Waals surface area contributed by atoms with Crippen LogP contribution in [0.3, 0.4) is 0 Å². The first-order chi connectivity index (χ1) is 11.1. The van der Waals surface area contributed by atoms with Gasteiger partial charge < -0.3 is 10.6 Å². The molecule has 1 atom stereocenters. The van der Waals surface area contributed by atoms with Crippen molar-refractivity contribution in [2.24, 2.45) is 5.92 Å². The number of nitrogens with one attached hydrogen (secondary N) is 2. The Morgan fingerprint density at radius 3 is 2.62 bits per heavy atom. The van der Waals surface area contributed by atoms with Crippen molar-refractivity contribution in [2.75, 3.05) is 13.1 Å². The highest BCUT2D eigenvalue weighted by Gasteiger charge is 2.24. The van der Waals surface area contributed by atoms with E-state index < -0.39 is 0 Å². The van der Waals surface area contributed by atoms with Crippen molar-refractivity contribution >= 4 is 29.7 Å².